The maximum absolute atomic E-state index is 12.0. The van der Waals surface area contributed by atoms with Gasteiger partial charge in [0, 0.05) is 26.2 Å². The van der Waals surface area contributed by atoms with Gasteiger partial charge in [0.1, 0.15) is 10.5 Å². The van der Waals surface area contributed by atoms with Crippen LogP contribution in [0.4, 0.5) is 5.69 Å². The molecule has 2 rings (SSSR count). The molecule has 0 radical (unpaired) electrons. The number of hydrogen-bond donors (Lipinski definition) is 2. The molecule has 1 unspecified atom stereocenters. The molecule has 8 heteroatoms. The second-order valence-electron chi connectivity index (χ2n) is 4.28. The molecule has 1 saturated heterocycles. The minimum absolute atomic E-state index is 0.207. The number of halogens is 1. The van der Waals surface area contributed by atoms with Crippen LogP contribution in [-0.2, 0) is 11.3 Å². The van der Waals surface area contributed by atoms with Gasteiger partial charge in [-0.2, -0.15) is 5.10 Å². The fourth-order valence-electron chi connectivity index (χ4n) is 2.13. The highest BCUT2D eigenvalue weighted by Crippen LogP contribution is 2.24. The quantitative estimate of drug-likeness (QED) is 0.764. The number of primary amides is 1. The number of carbonyl (C=O) groups is 1. The number of hydrogen-bond acceptors (Lipinski definition) is 5. The third-order valence-electron chi connectivity index (χ3n) is 3.15. The van der Waals surface area contributed by atoms with Crippen LogP contribution in [0.2, 0.25) is 0 Å². The van der Waals surface area contributed by atoms with E-state index < -0.39 is 11.9 Å². The van der Waals surface area contributed by atoms with E-state index in [4.69, 9.17) is 5.73 Å². The maximum Gasteiger partial charge on any atom is 0.283 e. The Labute approximate surface area is 118 Å². The summed E-state index contributed by atoms with van der Waals surface area (Å²) in [6.07, 6.45) is 1.59. The van der Waals surface area contributed by atoms with Crippen molar-refractivity contribution in [2.75, 3.05) is 24.5 Å². The normalized spacial score (nSPS) is 19.5. The number of rotatable bonds is 3. The van der Waals surface area contributed by atoms with Crippen molar-refractivity contribution in [3.05, 3.63) is 21.0 Å². The molecule has 19 heavy (non-hydrogen) atoms. The highest BCUT2D eigenvalue weighted by molar-refractivity contribution is 9.10. The minimum Gasteiger partial charge on any atom is -0.368 e. The number of aromatic nitrogens is 2. The number of aryl methyl sites for hydroxylation is 1. The molecule has 1 aromatic rings. The molecule has 104 valence electrons. The number of nitrogens with two attached hydrogens (primary N) is 1. The average molecular weight is 330 g/mol. The molecule has 0 saturated carbocycles. The monoisotopic (exact) mass is 329 g/mol. The summed E-state index contributed by atoms with van der Waals surface area (Å²) in [6, 6.07) is -0.469. The Morgan fingerprint density at radius 3 is 3.05 bits per heavy atom. The van der Waals surface area contributed by atoms with E-state index in [0.29, 0.717) is 29.8 Å². The molecule has 3 N–H and O–H groups in total. The topological polar surface area (TPSA) is 93.2 Å². The maximum atomic E-state index is 12.0. The van der Waals surface area contributed by atoms with Gasteiger partial charge in [0.25, 0.3) is 5.56 Å². The summed E-state index contributed by atoms with van der Waals surface area (Å²) in [5.41, 5.74) is 5.80. The van der Waals surface area contributed by atoms with Crippen LogP contribution in [0.1, 0.15) is 6.92 Å². The first-order valence-corrected chi connectivity index (χ1v) is 6.87. The lowest BCUT2D eigenvalue weighted by atomic mass is 10.1. The molecule has 2 heterocycles. The molecule has 1 aromatic heterocycles. The molecule has 0 aromatic carbocycles. The van der Waals surface area contributed by atoms with Gasteiger partial charge in [-0.25, -0.2) is 4.68 Å². The van der Waals surface area contributed by atoms with Gasteiger partial charge in [0.2, 0.25) is 5.91 Å². The van der Waals surface area contributed by atoms with Crippen molar-refractivity contribution in [2.24, 2.45) is 5.73 Å². The second kappa shape index (κ2) is 5.70. The Hall–Kier alpha value is -1.41. The van der Waals surface area contributed by atoms with E-state index >= 15 is 0 Å². The smallest absolute Gasteiger partial charge is 0.283 e. The van der Waals surface area contributed by atoms with Gasteiger partial charge < -0.3 is 16.0 Å². The van der Waals surface area contributed by atoms with E-state index in [9.17, 15) is 9.59 Å². The Morgan fingerprint density at radius 1 is 1.68 bits per heavy atom. The summed E-state index contributed by atoms with van der Waals surface area (Å²) < 4.78 is 1.77. The van der Waals surface area contributed by atoms with Gasteiger partial charge >= 0.3 is 0 Å². The molecule has 0 bridgehead atoms. The molecule has 0 aliphatic carbocycles. The second-order valence-corrected chi connectivity index (χ2v) is 5.07. The fourth-order valence-corrected chi connectivity index (χ4v) is 2.66. The summed E-state index contributed by atoms with van der Waals surface area (Å²) in [5, 5.41) is 7.20. The lowest BCUT2D eigenvalue weighted by Crippen LogP contribution is -2.57. The number of nitrogens with one attached hydrogen (secondary N) is 1. The van der Waals surface area contributed by atoms with Gasteiger partial charge in [-0.05, 0) is 22.9 Å². The van der Waals surface area contributed by atoms with Crippen LogP contribution < -0.4 is 21.5 Å². The zero-order valence-corrected chi connectivity index (χ0v) is 12.2. The number of piperazine rings is 1. The summed E-state index contributed by atoms with van der Waals surface area (Å²) in [7, 11) is 0. The number of nitrogens with zero attached hydrogens (tertiary/aromatic N) is 3. The molecule has 1 aliphatic heterocycles. The van der Waals surface area contributed by atoms with Crippen molar-refractivity contribution < 1.29 is 4.79 Å². The van der Waals surface area contributed by atoms with Crippen LogP contribution in [0.5, 0.6) is 0 Å². The zero-order valence-electron chi connectivity index (χ0n) is 10.6. The summed E-state index contributed by atoms with van der Waals surface area (Å²) in [5.74, 6) is -0.418. The van der Waals surface area contributed by atoms with Crippen LogP contribution in [0, 0.1) is 0 Å². The third-order valence-corrected chi connectivity index (χ3v) is 3.89. The number of anilines is 1. The molecule has 0 spiro atoms. The number of carbonyl (C=O) groups excluding carboxylic acids is 1. The zero-order chi connectivity index (χ0) is 14.0. The fraction of sp³-hybridized carbons (Fsp3) is 0.545. The largest absolute Gasteiger partial charge is 0.368 e. The highest BCUT2D eigenvalue weighted by atomic mass is 79.9. The molecule has 1 fully saturated rings. The predicted octanol–water partition coefficient (Wildman–Crippen LogP) is -0.711. The lowest BCUT2D eigenvalue weighted by Gasteiger charge is -2.36. The molecule has 1 aliphatic rings. The van der Waals surface area contributed by atoms with Gasteiger partial charge in [-0.3, -0.25) is 9.59 Å². The molecule has 1 atom stereocenters. The van der Waals surface area contributed by atoms with Crippen molar-refractivity contribution in [3.8, 4) is 0 Å². The van der Waals surface area contributed by atoms with E-state index in [1.165, 1.54) is 4.68 Å². The van der Waals surface area contributed by atoms with Gasteiger partial charge in [-0.15, -0.1) is 0 Å². The van der Waals surface area contributed by atoms with E-state index in [1.807, 2.05) is 11.8 Å². The molecular formula is C11H16BrN5O2. The first kappa shape index (κ1) is 14.0. The predicted molar refractivity (Wildman–Crippen MR) is 75.1 cm³/mol. The first-order chi connectivity index (χ1) is 9.06. The lowest BCUT2D eigenvalue weighted by molar-refractivity contribution is -0.119. The van der Waals surface area contributed by atoms with Crippen LogP contribution >= 0.6 is 15.9 Å². The highest BCUT2D eigenvalue weighted by Gasteiger charge is 2.29. The minimum atomic E-state index is -0.469. The van der Waals surface area contributed by atoms with E-state index in [0.717, 1.165) is 6.54 Å². The van der Waals surface area contributed by atoms with E-state index in [2.05, 4.69) is 26.3 Å². The van der Waals surface area contributed by atoms with Crippen LogP contribution in [0.25, 0.3) is 0 Å². The van der Waals surface area contributed by atoms with E-state index in [-0.39, 0.29) is 5.56 Å². The van der Waals surface area contributed by atoms with E-state index in [1.54, 1.807) is 6.20 Å². The molecule has 7 nitrogen and oxygen atoms in total. The van der Waals surface area contributed by atoms with Crippen molar-refractivity contribution in [1.29, 1.82) is 0 Å². The molecular weight excluding hydrogens is 314 g/mol. The Morgan fingerprint density at radius 2 is 2.42 bits per heavy atom. The van der Waals surface area contributed by atoms with Crippen molar-refractivity contribution in [3.63, 3.8) is 0 Å². The standard InChI is InChI=1S/C11H16BrN5O2/c1-2-17-11(19)9(12)7(6-15-17)16-4-3-14-5-8(16)10(13)18/h6,8,14H,2-5H2,1H3,(H2,13,18). The average Bonchev–Trinajstić information content (AvgIpc) is 2.42. The van der Waals surface area contributed by atoms with Crippen molar-refractivity contribution >= 4 is 27.5 Å². The van der Waals surface area contributed by atoms with Crippen LogP contribution in [0.15, 0.2) is 15.5 Å². The Kier molecular flexibility index (Phi) is 4.20. The van der Waals surface area contributed by atoms with Crippen molar-refractivity contribution in [1.82, 2.24) is 15.1 Å². The first-order valence-electron chi connectivity index (χ1n) is 6.08. The van der Waals surface area contributed by atoms with Crippen LogP contribution in [-0.4, -0.2) is 41.4 Å². The Balaban J connectivity index is 2.42. The van der Waals surface area contributed by atoms with Gasteiger partial charge in [-0.1, -0.05) is 0 Å². The Bertz CT molecular complexity index is 544. The van der Waals surface area contributed by atoms with Gasteiger partial charge in [0.15, 0.2) is 0 Å². The summed E-state index contributed by atoms with van der Waals surface area (Å²) in [4.78, 5) is 25.3. The third kappa shape index (κ3) is 2.64. The summed E-state index contributed by atoms with van der Waals surface area (Å²) in [6.45, 7) is 4.14. The number of amides is 1. The SMILES string of the molecule is CCn1ncc(N2CCNCC2C(N)=O)c(Br)c1=O. The van der Waals surface area contributed by atoms with Gasteiger partial charge in [0.05, 0.1) is 11.9 Å². The molecule has 1 amide bonds. The van der Waals surface area contributed by atoms with Crippen LogP contribution in [0.3, 0.4) is 0 Å². The summed E-state index contributed by atoms with van der Waals surface area (Å²) >= 11 is 3.30. The van der Waals surface area contributed by atoms with Crippen molar-refractivity contribution in [2.45, 2.75) is 19.5 Å².